The molecular weight excluding hydrogens is 428 g/mol. The zero-order chi connectivity index (χ0) is 23.4. The summed E-state index contributed by atoms with van der Waals surface area (Å²) in [5.41, 5.74) is 7.43. The second kappa shape index (κ2) is 7.84. The van der Waals surface area contributed by atoms with Gasteiger partial charge in [-0.1, -0.05) is 51.6 Å². The van der Waals surface area contributed by atoms with Crippen molar-refractivity contribution in [2.75, 3.05) is 7.11 Å². The molecule has 4 nitrogen and oxygen atoms in total. The normalized spacial score (nSPS) is 17.7. The van der Waals surface area contributed by atoms with Crippen LogP contribution in [-0.4, -0.2) is 23.8 Å². The van der Waals surface area contributed by atoms with Gasteiger partial charge in [0.25, 0.3) is 0 Å². The number of ether oxygens (including phenoxy) is 1. The number of hydrogen-bond donors (Lipinski definition) is 0. The number of hydrogen-bond acceptors (Lipinski definition) is 5. The van der Waals surface area contributed by atoms with Crippen LogP contribution in [-0.2, 0) is 15.6 Å². The Morgan fingerprint density at radius 3 is 2.30 bits per heavy atom. The lowest BCUT2D eigenvalue weighted by molar-refractivity contribution is 0.0600. The molecule has 2 aliphatic rings. The lowest BCUT2D eigenvalue weighted by atomic mass is 9.63. The lowest BCUT2D eigenvalue weighted by Gasteiger charge is -2.42. The molecule has 0 atom stereocenters. The van der Waals surface area contributed by atoms with Crippen molar-refractivity contribution in [1.82, 2.24) is 4.98 Å². The summed E-state index contributed by atoms with van der Waals surface area (Å²) in [4.78, 5) is 22.8. The fraction of sp³-hybridized carbons (Fsp3) is 0.321. The molecule has 5 heteroatoms. The van der Waals surface area contributed by atoms with Gasteiger partial charge < -0.3 is 4.74 Å². The second-order valence-electron chi connectivity index (χ2n) is 10.1. The van der Waals surface area contributed by atoms with Crippen LogP contribution < -0.4 is 0 Å². The molecule has 2 heterocycles. The van der Waals surface area contributed by atoms with Crippen molar-refractivity contribution < 1.29 is 9.53 Å². The summed E-state index contributed by atoms with van der Waals surface area (Å²) in [6.45, 7) is 9.38. The minimum atomic E-state index is -0.340. The molecule has 0 spiro atoms. The first-order valence-corrected chi connectivity index (χ1v) is 12.1. The molecule has 0 saturated carbocycles. The monoisotopic (exact) mass is 456 g/mol. The highest BCUT2D eigenvalue weighted by Crippen LogP contribution is 2.49. The van der Waals surface area contributed by atoms with E-state index in [0.717, 1.165) is 34.0 Å². The number of esters is 1. The minimum Gasteiger partial charge on any atom is -0.465 e. The minimum absolute atomic E-state index is 0.0990. The molecule has 1 aromatic heterocycles. The van der Waals surface area contributed by atoms with E-state index < -0.39 is 0 Å². The van der Waals surface area contributed by atoms with E-state index in [-0.39, 0.29) is 16.8 Å². The number of rotatable bonds is 2. The molecule has 33 heavy (non-hydrogen) atoms. The average Bonchev–Trinajstić information content (AvgIpc) is 2.97. The van der Waals surface area contributed by atoms with Crippen LogP contribution in [0, 0.1) is 0 Å². The van der Waals surface area contributed by atoms with Gasteiger partial charge in [-0.05, 0) is 71.2 Å². The second-order valence-corrected chi connectivity index (χ2v) is 11.2. The van der Waals surface area contributed by atoms with E-state index in [0.29, 0.717) is 5.56 Å². The van der Waals surface area contributed by atoms with Gasteiger partial charge in [0.2, 0.25) is 0 Å². The van der Waals surface area contributed by atoms with Gasteiger partial charge in [-0.2, -0.15) is 0 Å². The first-order valence-electron chi connectivity index (χ1n) is 11.3. The highest BCUT2D eigenvalue weighted by molar-refractivity contribution is 7.99. The molecule has 1 aliphatic heterocycles. The maximum Gasteiger partial charge on any atom is 0.337 e. The Bertz CT molecular complexity index is 1290. The zero-order valence-corrected chi connectivity index (χ0v) is 20.5. The summed E-state index contributed by atoms with van der Waals surface area (Å²) in [6.07, 6.45) is 4.14. The van der Waals surface area contributed by atoms with Crippen molar-refractivity contribution in [3.05, 3.63) is 82.5 Å². The molecule has 0 bridgehead atoms. The summed E-state index contributed by atoms with van der Waals surface area (Å²) < 4.78 is 4.87. The average molecular weight is 457 g/mol. The first-order chi connectivity index (χ1) is 15.7. The fourth-order valence-corrected chi connectivity index (χ4v) is 5.78. The topological polar surface area (TPSA) is 51.5 Å². The Balaban J connectivity index is 1.75. The van der Waals surface area contributed by atoms with E-state index in [2.05, 4.69) is 44.8 Å². The summed E-state index contributed by atoms with van der Waals surface area (Å²) in [5.74, 6) is -0.340. The van der Waals surface area contributed by atoms with Crippen molar-refractivity contribution in [2.45, 2.75) is 61.3 Å². The van der Waals surface area contributed by atoms with Crippen molar-refractivity contribution in [3.63, 3.8) is 0 Å². The van der Waals surface area contributed by atoms with Crippen LogP contribution in [0.5, 0.6) is 0 Å². The molecule has 0 radical (unpaired) electrons. The number of nitrogens with zero attached hydrogens (tertiary/aromatic N) is 2. The number of fused-ring (bicyclic) bond motifs is 3. The Labute approximate surface area is 199 Å². The lowest BCUT2D eigenvalue weighted by Crippen LogP contribution is -2.34. The maximum atomic E-state index is 11.9. The van der Waals surface area contributed by atoms with Gasteiger partial charge in [0.1, 0.15) is 5.03 Å². The van der Waals surface area contributed by atoms with Gasteiger partial charge in [0.15, 0.2) is 0 Å². The van der Waals surface area contributed by atoms with E-state index >= 15 is 0 Å². The molecule has 0 unspecified atom stereocenters. The Hall–Kier alpha value is -2.92. The largest absolute Gasteiger partial charge is 0.465 e. The number of pyridine rings is 1. The molecule has 3 aromatic rings. The van der Waals surface area contributed by atoms with Crippen LogP contribution in [0.15, 0.2) is 69.6 Å². The van der Waals surface area contributed by atoms with Crippen molar-refractivity contribution in [3.8, 4) is 0 Å². The third-order valence-electron chi connectivity index (χ3n) is 6.98. The summed E-state index contributed by atoms with van der Waals surface area (Å²) in [5, 5.41) is 0.910. The van der Waals surface area contributed by atoms with E-state index in [1.807, 2.05) is 30.5 Å². The van der Waals surface area contributed by atoms with Crippen LogP contribution in [0.4, 0.5) is 5.69 Å². The summed E-state index contributed by atoms with van der Waals surface area (Å²) >= 11 is 1.69. The SMILES string of the molecule is COC(=O)c1ccc(C2=Nc3cccnc3Sc3cc4c(cc32)C(C)(C)CCC4(C)C)cc1. The Kier molecular flexibility index (Phi) is 5.20. The smallest absolute Gasteiger partial charge is 0.337 e. The zero-order valence-electron chi connectivity index (χ0n) is 19.7. The molecule has 0 fully saturated rings. The fourth-order valence-electron chi connectivity index (χ4n) is 4.80. The third kappa shape index (κ3) is 3.78. The number of aliphatic imine (C=N–C) groups is 1. The van der Waals surface area contributed by atoms with E-state index in [9.17, 15) is 4.79 Å². The van der Waals surface area contributed by atoms with Gasteiger partial charge in [-0.3, -0.25) is 0 Å². The van der Waals surface area contributed by atoms with Gasteiger partial charge in [-0.15, -0.1) is 0 Å². The molecule has 0 saturated heterocycles. The molecule has 2 aromatic carbocycles. The Morgan fingerprint density at radius 2 is 1.64 bits per heavy atom. The number of carbonyl (C=O) groups excluding carboxylic acids is 1. The van der Waals surface area contributed by atoms with Crippen LogP contribution in [0.25, 0.3) is 0 Å². The number of benzene rings is 2. The highest BCUT2D eigenvalue weighted by Gasteiger charge is 2.38. The molecule has 5 rings (SSSR count). The third-order valence-corrected chi connectivity index (χ3v) is 8.04. The van der Waals surface area contributed by atoms with Gasteiger partial charge >= 0.3 is 5.97 Å². The summed E-state index contributed by atoms with van der Waals surface area (Å²) in [6, 6.07) is 16.2. The van der Waals surface area contributed by atoms with Gasteiger partial charge in [-0.25, -0.2) is 14.8 Å². The van der Waals surface area contributed by atoms with Gasteiger partial charge in [0.05, 0.1) is 24.1 Å². The molecular formula is C28H28N2O2S. The van der Waals surface area contributed by atoms with Crippen LogP contribution >= 0.6 is 11.8 Å². The molecule has 1 aliphatic carbocycles. The Morgan fingerprint density at radius 1 is 0.970 bits per heavy atom. The molecule has 0 N–H and O–H groups in total. The van der Waals surface area contributed by atoms with Crippen LogP contribution in [0.3, 0.4) is 0 Å². The first kappa shape index (κ1) is 21.9. The van der Waals surface area contributed by atoms with E-state index in [1.54, 1.807) is 23.9 Å². The number of aromatic nitrogens is 1. The molecule has 168 valence electrons. The van der Waals surface area contributed by atoms with Crippen molar-refractivity contribution in [1.29, 1.82) is 0 Å². The number of methoxy groups -OCH3 is 1. The maximum absolute atomic E-state index is 11.9. The van der Waals surface area contributed by atoms with Crippen molar-refractivity contribution >= 4 is 29.1 Å². The summed E-state index contributed by atoms with van der Waals surface area (Å²) in [7, 11) is 1.40. The number of carbonyl (C=O) groups is 1. The predicted molar refractivity (Wildman–Crippen MR) is 133 cm³/mol. The highest BCUT2D eigenvalue weighted by atomic mass is 32.2. The van der Waals surface area contributed by atoms with E-state index in [4.69, 9.17) is 9.73 Å². The van der Waals surface area contributed by atoms with E-state index in [1.165, 1.54) is 29.6 Å². The van der Waals surface area contributed by atoms with Crippen molar-refractivity contribution in [2.24, 2.45) is 4.99 Å². The predicted octanol–water partition coefficient (Wildman–Crippen LogP) is 6.85. The standard InChI is InChI=1S/C28H28N2O2S/c1-27(2)12-13-28(3,4)21-16-23-19(15-20(21)27)24(30-22-7-6-14-29-25(22)33-23)17-8-10-18(11-9-17)26(31)32-5/h6-11,14-16H,12-13H2,1-5H3. The van der Waals surface area contributed by atoms with Crippen LogP contribution in [0.2, 0.25) is 0 Å². The molecule has 0 amide bonds. The van der Waals surface area contributed by atoms with Crippen LogP contribution in [0.1, 0.15) is 73.1 Å². The van der Waals surface area contributed by atoms with Gasteiger partial charge in [0, 0.05) is 22.2 Å². The quantitative estimate of drug-likeness (QED) is 0.310.